The van der Waals surface area contributed by atoms with Crippen molar-refractivity contribution < 1.29 is 61.5 Å². The van der Waals surface area contributed by atoms with Gasteiger partial charge in [0.05, 0.1) is 0 Å². The van der Waals surface area contributed by atoms with Gasteiger partial charge in [0.15, 0.2) is 0 Å². The van der Waals surface area contributed by atoms with Gasteiger partial charge in [-0.3, -0.25) is 0 Å². The van der Waals surface area contributed by atoms with Crippen molar-refractivity contribution in [3.63, 3.8) is 0 Å². The summed E-state index contributed by atoms with van der Waals surface area (Å²) < 4.78 is 172. The predicted molar refractivity (Wildman–Crippen MR) is 59.5 cm³/mol. The van der Waals surface area contributed by atoms with Crippen LogP contribution in [0.25, 0.3) is 0 Å². The zero-order chi connectivity index (χ0) is 21.2. The van der Waals surface area contributed by atoms with Gasteiger partial charge >= 0.3 is 24.7 Å². The highest BCUT2D eigenvalue weighted by Gasteiger charge is 2.72. The highest BCUT2D eigenvalue weighted by molar-refractivity contribution is 4.99. The molecule has 0 bridgehead atoms. The molecule has 0 spiro atoms. The van der Waals surface area contributed by atoms with Gasteiger partial charge in [-0.05, 0) is 12.8 Å². The summed E-state index contributed by atoms with van der Waals surface area (Å²) in [6.07, 6.45) is -31.7. The molecule has 0 saturated heterocycles. The molecule has 0 atom stereocenters. The first-order chi connectivity index (χ1) is 11.2. The maximum Gasteiger partial charge on any atom is 0.431 e. The van der Waals surface area contributed by atoms with E-state index in [1.165, 1.54) is 0 Å². The number of alkyl halides is 14. The third-order valence-electron chi connectivity index (χ3n) is 3.27. The minimum absolute atomic E-state index is 0.305. The normalized spacial score (nSPS) is 15.8. The second-order valence-corrected chi connectivity index (χ2v) is 5.14. The average Bonchev–Trinajstić information content (AvgIpc) is 2.36. The van der Waals surface area contributed by atoms with Gasteiger partial charge < -0.3 is 0 Å². The van der Waals surface area contributed by atoms with Crippen LogP contribution in [-0.2, 0) is 0 Å². The van der Waals surface area contributed by atoms with E-state index in [0.717, 1.165) is 0 Å². The van der Waals surface area contributed by atoms with Gasteiger partial charge in [0.1, 0.15) is 0 Å². The summed E-state index contributed by atoms with van der Waals surface area (Å²) in [4.78, 5) is 0. The number of hydrogen-bond acceptors (Lipinski definition) is 0. The Balaban J connectivity index is 4.94. The van der Waals surface area contributed by atoms with E-state index in [1.807, 2.05) is 0 Å². The first kappa shape index (κ1) is 24.8. The van der Waals surface area contributed by atoms with Crippen LogP contribution in [0.1, 0.15) is 25.7 Å². The molecule has 0 aromatic heterocycles. The molecule has 0 rings (SSSR count). The highest BCUT2D eigenvalue weighted by atomic mass is 19.4. The quantitative estimate of drug-likeness (QED) is 0.329. The van der Waals surface area contributed by atoms with Crippen molar-refractivity contribution in [1.82, 2.24) is 0 Å². The summed E-state index contributed by atoms with van der Waals surface area (Å²) in [5.74, 6) is 0. The van der Waals surface area contributed by atoms with Crippen LogP contribution in [0, 0.1) is 0 Å². The maximum atomic E-state index is 13.2. The van der Waals surface area contributed by atoms with E-state index >= 15 is 0 Å². The van der Waals surface area contributed by atoms with Crippen molar-refractivity contribution in [2.75, 3.05) is 0 Å². The summed E-state index contributed by atoms with van der Waals surface area (Å²) in [6.45, 7) is 0. The van der Waals surface area contributed by atoms with E-state index in [0.29, 0.717) is 12.2 Å². The molecule has 0 amide bonds. The van der Waals surface area contributed by atoms with Gasteiger partial charge in [-0.2, -0.15) is 52.7 Å². The lowest BCUT2D eigenvalue weighted by Gasteiger charge is -2.30. The van der Waals surface area contributed by atoms with Crippen LogP contribution in [0.4, 0.5) is 61.5 Å². The van der Waals surface area contributed by atoms with Crippen molar-refractivity contribution in [3.05, 3.63) is 12.2 Å². The Kier molecular flexibility index (Phi) is 7.06. The van der Waals surface area contributed by atoms with Crippen LogP contribution in [-0.4, -0.2) is 36.0 Å². The van der Waals surface area contributed by atoms with Crippen LogP contribution in [0.2, 0.25) is 0 Å². The van der Waals surface area contributed by atoms with Crippen molar-refractivity contribution in [2.45, 2.75) is 61.7 Å². The molecule has 26 heavy (non-hydrogen) atoms. The number of hydrogen-bond donors (Lipinski definition) is 0. The Morgan fingerprint density at radius 1 is 0.385 bits per heavy atom. The molecule has 0 unspecified atom stereocenters. The van der Waals surface area contributed by atoms with Crippen LogP contribution < -0.4 is 0 Å². The second kappa shape index (κ2) is 7.41. The molecule has 0 nitrogen and oxygen atoms in total. The molecule has 0 aromatic carbocycles. The molecule has 0 radical (unpaired) electrons. The van der Waals surface area contributed by atoms with E-state index in [2.05, 4.69) is 0 Å². The van der Waals surface area contributed by atoms with Crippen LogP contribution in [0.15, 0.2) is 12.2 Å². The Morgan fingerprint density at radius 2 is 0.577 bits per heavy atom. The standard InChI is InChI=1S/C12H10F14/c13-7(9(15,16)17,10(18,19)20)5-3-1-2-4-6-8(14,11(21,22)23)12(24,25)26/h1-2H,3-6H2/b2-1+. The van der Waals surface area contributed by atoms with Crippen molar-refractivity contribution in [1.29, 1.82) is 0 Å². The molecule has 0 aliphatic carbocycles. The fraction of sp³-hybridized carbons (Fsp3) is 0.833. The van der Waals surface area contributed by atoms with Gasteiger partial charge in [0.25, 0.3) is 11.3 Å². The lowest BCUT2D eigenvalue weighted by atomic mass is 9.96. The van der Waals surface area contributed by atoms with E-state index in [-0.39, 0.29) is 0 Å². The molecular formula is C12H10F14. The second-order valence-electron chi connectivity index (χ2n) is 5.14. The van der Waals surface area contributed by atoms with Gasteiger partial charge in [0.2, 0.25) is 0 Å². The molecule has 0 heterocycles. The minimum atomic E-state index is -6.33. The SMILES string of the molecule is FC(F)(F)C(F)(CC/C=C/CCC(F)(C(F)(F)F)C(F)(F)F)C(F)(F)F. The largest absolute Gasteiger partial charge is 0.431 e. The number of halogens is 14. The Morgan fingerprint density at radius 3 is 0.731 bits per heavy atom. The maximum absolute atomic E-state index is 13.2. The first-order valence-corrected chi connectivity index (χ1v) is 6.50. The van der Waals surface area contributed by atoms with Crippen molar-refractivity contribution in [3.8, 4) is 0 Å². The zero-order valence-electron chi connectivity index (χ0n) is 12.3. The Bertz CT molecular complexity index is 402. The van der Waals surface area contributed by atoms with E-state index in [9.17, 15) is 61.5 Å². The van der Waals surface area contributed by atoms with Gasteiger partial charge in [-0.1, -0.05) is 12.2 Å². The van der Waals surface area contributed by atoms with Gasteiger partial charge in [-0.25, -0.2) is 8.78 Å². The van der Waals surface area contributed by atoms with E-state index < -0.39 is 61.7 Å². The third-order valence-corrected chi connectivity index (χ3v) is 3.27. The smallest absolute Gasteiger partial charge is 0.224 e. The van der Waals surface area contributed by atoms with Crippen LogP contribution in [0.3, 0.4) is 0 Å². The fourth-order valence-corrected chi connectivity index (χ4v) is 1.69. The topological polar surface area (TPSA) is 0 Å². The van der Waals surface area contributed by atoms with E-state index in [1.54, 1.807) is 0 Å². The summed E-state index contributed by atoms with van der Waals surface area (Å²) in [5, 5.41) is 0. The van der Waals surface area contributed by atoms with Gasteiger partial charge in [0, 0.05) is 12.8 Å². The predicted octanol–water partition coefficient (Wildman–Crippen LogP) is 6.77. The lowest BCUT2D eigenvalue weighted by Crippen LogP contribution is -2.53. The van der Waals surface area contributed by atoms with Crippen LogP contribution in [0.5, 0.6) is 0 Å². The van der Waals surface area contributed by atoms with Crippen molar-refractivity contribution in [2.24, 2.45) is 0 Å². The Labute approximate surface area is 136 Å². The lowest BCUT2D eigenvalue weighted by molar-refractivity contribution is -0.343. The molecule has 0 aromatic rings. The van der Waals surface area contributed by atoms with E-state index in [4.69, 9.17) is 0 Å². The molecule has 0 N–H and O–H groups in total. The summed E-state index contributed by atoms with van der Waals surface area (Å²) >= 11 is 0. The Hall–Kier alpha value is -1.24. The zero-order valence-corrected chi connectivity index (χ0v) is 12.3. The molecule has 0 aliphatic rings. The molecule has 156 valence electrons. The number of rotatable bonds is 6. The monoisotopic (exact) mass is 420 g/mol. The van der Waals surface area contributed by atoms with Crippen molar-refractivity contribution >= 4 is 0 Å². The first-order valence-electron chi connectivity index (χ1n) is 6.50. The van der Waals surface area contributed by atoms with Crippen LogP contribution >= 0.6 is 0 Å². The third kappa shape index (κ3) is 5.15. The summed E-state index contributed by atoms with van der Waals surface area (Å²) in [6, 6.07) is 0. The summed E-state index contributed by atoms with van der Waals surface area (Å²) in [7, 11) is 0. The highest BCUT2D eigenvalue weighted by Crippen LogP contribution is 2.50. The molecule has 0 fully saturated rings. The molecular weight excluding hydrogens is 410 g/mol. The van der Waals surface area contributed by atoms with Gasteiger partial charge in [-0.15, -0.1) is 0 Å². The average molecular weight is 420 g/mol. The minimum Gasteiger partial charge on any atom is -0.224 e. The molecule has 14 heteroatoms. The molecule has 0 saturated carbocycles. The molecule has 0 aliphatic heterocycles. The fourth-order valence-electron chi connectivity index (χ4n) is 1.69. The summed E-state index contributed by atoms with van der Waals surface area (Å²) in [5.41, 5.74) is -11.2. The number of allylic oxidation sites excluding steroid dienone is 2.